The average Bonchev–Trinajstić information content (AvgIpc) is 2.30. The Labute approximate surface area is 117 Å². The van der Waals surface area contributed by atoms with Crippen LogP contribution < -0.4 is 4.72 Å². The van der Waals surface area contributed by atoms with Gasteiger partial charge in [-0.15, -0.1) is 0 Å². The van der Waals surface area contributed by atoms with E-state index in [2.05, 4.69) is 4.72 Å². The fraction of sp³-hybridized carbons (Fsp3) is 0.455. The summed E-state index contributed by atoms with van der Waals surface area (Å²) in [5.41, 5.74) is 0. The zero-order valence-electron chi connectivity index (χ0n) is 10.1. The second kappa shape index (κ2) is 6.77. The third-order valence-corrected chi connectivity index (χ3v) is 5.44. The second-order valence-electron chi connectivity index (χ2n) is 3.82. The highest BCUT2D eigenvalue weighted by Crippen LogP contribution is 2.17. The van der Waals surface area contributed by atoms with Gasteiger partial charge in [-0.05, 0) is 31.4 Å². The molecule has 1 aromatic carbocycles. The Hall–Kier alpha value is -0.270. The molecule has 0 aromatic heterocycles. The Morgan fingerprint density at radius 3 is 2.67 bits per heavy atom. The lowest BCUT2D eigenvalue weighted by atomic mass is 10.3. The monoisotopic (exact) mass is 309 g/mol. The van der Waals surface area contributed by atoms with Crippen molar-refractivity contribution in [2.45, 2.75) is 23.1 Å². The Bertz CT molecular complexity index is 489. The van der Waals surface area contributed by atoms with Crippen molar-refractivity contribution in [3.8, 4) is 0 Å². The van der Waals surface area contributed by atoms with Crippen LogP contribution >= 0.6 is 23.4 Å². The van der Waals surface area contributed by atoms with Gasteiger partial charge in [0, 0.05) is 16.3 Å². The molecule has 0 aliphatic heterocycles. The molecule has 4 nitrogen and oxygen atoms in total. The number of thioether (sulfide) groups is 1. The van der Waals surface area contributed by atoms with Crippen LogP contribution in [0.15, 0.2) is 29.2 Å². The van der Waals surface area contributed by atoms with Gasteiger partial charge in [-0.3, -0.25) is 0 Å². The fourth-order valence-corrected chi connectivity index (χ4v) is 3.76. The summed E-state index contributed by atoms with van der Waals surface area (Å²) >= 11 is 7.18. The van der Waals surface area contributed by atoms with E-state index in [1.54, 1.807) is 19.1 Å². The fourth-order valence-electron chi connectivity index (χ4n) is 1.46. The number of benzene rings is 1. The first-order valence-corrected chi connectivity index (χ1v) is 8.47. The largest absolute Gasteiger partial charge is 0.395 e. The van der Waals surface area contributed by atoms with Gasteiger partial charge in [0.15, 0.2) is 0 Å². The van der Waals surface area contributed by atoms with Crippen LogP contribution in [-0.2, 0) is 10.0 Å². The summed E-state index contributed by atoms with van der Waals surface area (Å²) in [6.45, 7) is 1.64. The van der Waals surface area contributed by atoms with Crippen molar-refractivity contribution in [1.29, 1.82) is 0 Å². The van der Waals surface area contributed by atoms with Crippen molar-refractivity contribution in [3.63, 3.8) is 0 Å². The Kier molecular flexibility index (Phi) is 5.94. The highest BCUT2D eigenvalue weighted by molar-refractivity contribution is 7.99. The number of aliphatic hydroxyl groups excluding tert-OH is 1. The SMILES string of the molecule is CSC(CO)C(C)NS(=O)(=O)c1cccc(Cl)c1. The van der Waals surface area contributed by atoms with Crippen LogP contribution in [0.4, 0.5) is 0 Å². The van der Waals surface area contributed by atoms with Crippen molar-refractivity contribution in [2.24, 2.45) is 0 Å². The zero-order valence-corrected chi connectivity index (χ0v) is 12.5. The number of sulfonamides is 1. The predicted octanol–water partition coefficient (Wildman–Crippen LogP) is 1.73. The molecule has 18 heavy (non-hydrogen) atoms. The summed E-state index contributed by atoms with van der Waals surface area (Å²) in [7, 11) is -3.61. The van der Waals surface area contributed by atoms with Crippen LogP contribution in [0.2, 0.25) is 5.02 Å². The molecule has 0 amide bonds. The van der Waals surface area contributed by atoms with Crippen molar-refractivity contribution in [3.05, 3.63) is 29.3 Å². The van der Waals surface area contributed by atoms with Gasteiger partial charge in [-0.1, -0.05) is 17.7 Å². The normalized spacial score (nSPS) is 15.3. The van der Waals surface area contributed by atoms with Crippen molar-refractivity contribution >= 4 is 33.4 Å². The first kappa shape index (κ1) is 15.8. The molecule has 1 rings (SSSR count). The summed E-state index contributed by atoms with van der Waals surface area (Å²) in [4.78, 5) is 0.125. The summed E-state index contributed by atoms with van der Waals surface area (Å²) in [5, 5.41) is 9.32. The molecule has 0 bridgehead atoms. The smallest absolute Gasteiger partial charge is 0.240 e. The maximum atomic E-state index is 12.1. The molecule has 2 N–H and O–H groups in total. The van der Waals surface area contributed by atoms with E-state index in [1.807, 2.05) is 6.26 Å². The van der Waals surface area contributed by atoms with E-state index in [9.17, 15) is 8.42 Å². The number of rotatable bonds is 6. The van der Waals surface area contributed by atoms with E-state index in [0.717, 1.165) is 0 Å². The molecule has 102 valence electrons. The topological polar surface area (TPSA) is 66.4 Å². The predicted molar refractivity (Wildman–Crippen MR) is 75.6 cm³/mol. The minimum Gasteiger partial charge on any atom is -0.395 e. The van der Waals surface area contributed by atoms with E-state index in [4.69, 9.17) is 16.7 Å². The molecule has 0 fully saturated rings. The zero-order chi connectivity index (χ0) is 13.8. The van der Waals surface area contributed by atoms with E-state index in [-0.39, 0.29) is 22.8 Å². The second-order valence-corrected chi connectivity index (χ2v) is 7.05. The van der Waals surface area contributed by atoms with E-state index < -0.39 is 10.0 Å². The lowest BCUT2D eigenvalue weighted by Crippen LogP contribution is -2.41. The third kappa shape index (κ3) is 4.13. The van der Waals surface area contributed by atoms with Crippen LogP contribution in [0.25, 0.3) is 0 Å². The summed E-state index contributed by atoms with van der Waals surface area (Å²) in [6, 6.07) is 5.70. The number of hydrogen-bond acceptors (Lipinski definition) is 4. The van der Waals surface area contributed by atoms with Gasteiger partial charge in [0.1, 0.15) is 0 Å². The quantitative estimate of drug-likeness (QED) is 0.840. The van der Waals surface area contributed by atoms with Gasteiger partial charge in [0.2, 0.25) is 10.0 Å². The average molecular weight is 310 g/mol. The number of aliphatic hydroxyl groups is 1. The Morgan fingerprint density at radius 2 is 2.17 bits per heavy atom. The van der Waals surface area contributed by atoms with E-state index >= 15 is 0 Å². The van der Waals surface area contributed by atoms with Gasteiger partial charge in [-0.2, -0.15) is 11.8 Å². The molecule has 0 saturated carbocycles. The lowest BCUT2D eigenvalue weighted by Gasteiger charge is -2.21. The molecule has 7 heteroatoms. The summed E-state index contributed by atoms with van der Waals surface area (Å²) < 4.78 is 26.7. The summed E-state index contributed by atoms with van der Waals surface area (Å²) in [5.74, 6) is 0. The molecule has 0 aliphatic rings. The number of hydrogen-bond donors (Lipinski definition) is 2. The molecule has 0 heterocycles. The molecular weight excluding hydrogens is 294 g/mol. The van der Waals surface area contributed by atoms with Crippen molar-refractivity contribution in [1.82, 2.24) is 4.72 Å². The van der Waals surface area contributed by atoms with Gasteiger partial charge >= 0.3 is 0 Å². The van der Waals surface area contributed by atoms with Crippen molar-refractivity contribution in [2.75, 3.05) is 12.9 Å². The van der Waals surface area contributed by atoms with Crippen LogP contribution in [-0.4, -0.2) is 37.7 Å². The van der Waals surface area contributed by atoms with Gasteiger partial charge in [-0.25, -0.2) is 13.1 Å². The number of nitrogens with one attached hydrogen (secondary N) is 1. The number of halogens is 1. The Morgan fingerprint density at radius 1 is 1.50 bits per heavy atom. The minimum atomic E-state index is -3.61. The van der Waals surface area contributed by atoms with Crippen LogP contribution in [0.5, 0.6) is 0 Å². The molecular formula is C11H16ClNO3S2. The standard InChI is InChI=1S/C11H16ClNO3S2/c1-8(11(7-14)17-2)13-18(15,16)10-5-3-4-9(12)6-10/h3-6,8,11,13-14H,7H2,1-2H3. The van der Waals surface area contributed by atoms with E-state index in [0.29, 0.717) is 5.02 Å². The molecule has 2 atom stereocenters. The van der Waals surface area contributed by atoms with Crippen LogP contribution in [0.1, 0.15) is 6.92 Å². The molecule has 0 spiro atoms. The van der Waals surface area contributed by atoms with Gasteiger partial charge in [0.05, 0.1) is 11.5 Å². The molecule has 2 unspecified atom stereocenters. The Balaban J connectivity index is 2.89. The lowest BCUT2D eigenvalue weighted by molar-refractivity contribution is 0.282. The highest BCUT2D eigenvalue weighted by atomic mass is 35.5. The van der Waals surface area contributed by atoms with Crippen LogP contribution in [0.3, 0.4) is 0 Å². The van der Waals surface area contributed by atoms with E-state index in [1.165, 1.54) is 23.9 Å². The first-order chi connectivity index (χ1) is 8.40. The van der Waals surface area contributed by atoms with Crippen molar-refractivity contribution < 1.29 is 13.5 Å². The first-order valence-electron chi connectivity index (χ1n) is 5.32. The molecule has 0 aliphatic carbocycles. The minimum absolute atomic E-state index is 0.0829. The van der Waals surface area contributed by atoms with Crippen LogP contribution in [0, 0.1) is 0 Å². The maximum absolute atomic E-state index is 12.1. The molecule has 0 saturated heterocycles. The van der Waals surface area contributed by atoms with Gasteiger partial charge < -0.3 is 5.11 Å². The third-order valence-electron chi connectivity index (χ3n) is 2.49. The molecule has 1 aromatic rings. The maximum Gasteiger partial charge on any atom is 0.240 e. The summed E-state index contributed by atoms with van der Waals surface area (Å²) in [6.07, 6.45) is 1.82. The molecule has 0 radical (unpaired) electrons. The highest BCUT2D eigenvalue weighted by Gasteiger charge is 2.22. The van der Waals surface area contributed by atoms with Gasteiger partial charge in [0.25, 0.3) is 0 Å².